The molecule has 3 aromatic rings. The molecule has 2 aliphatic heterocycles. The molecule has 1 aromatic carbocycles. The Morgan fingerprint density at radius 2 is 1.93 bits per heavy atom. The number of fused-ring (bicyclic) bond motifs is 2. The van der Waals surface area contributed by atoms with E-state index in [2.05, 4.69) is 25.7 Å². The summed E-state index contributed by atoms with van der Waals surface area (Å²) < 4.78 is 56.2. The molecule has 0 spiro atoms. The number of benzene rings is 1. The lowest BCUT2D eigenvalue weighted by Crippen LogP contribution is -2.54. The first-order chi connectivity index (χ1) is 20.8. The molecular formula is C33H42BrF3N4O3. The minimum Gasteiger partial charge on any atom is -0.465 e. The molecule has 5 rings (SSSR count). The van der Waals surface area contributed by atoms with E-state index < -0.39 is 30.2 Å². The summed E-state index contributed by atoms with van der Waals surface area (Å²) in [6, 6.07) is 7.85. The lowest BCUT2D eigenvalue weighted by Gasteiger charge is -2.45. The predicted molar refractivity (Wildman–Crippen MR) is 170 cm³/mol. The monoisotopic (exact) mass is 678 g/mol. The third-order valence-corrected chi connectivity index (χ3v) is 9.38. The number of halogens is 4. The van der Waals surface area contributed by atoms with Gasteiger partial charge in [0.15, 0.2) is 0 Å². The average molecular weight is 680 g/mol. The van der Waals surface area contributed by atoms with Gasteiger partial charge >= 0.3 is 12.1 Å². The molecule has 2 fully saturated rings. The van der Waals surface area contributed by atoms with Crippen LogP contribution < -0.4 is 4.90 Å². The first kappa shape index (κ1) is 32.8. The molecule has 240 valence electrons. The normalized spacial score (nSPS) is 18.8. The fraction of sp³-hybridized carbons (Fsp3) is 0.576. The maximum absolute atomic E-state index is 14.3. The van der Waals surface area contributed by atoms with E-state index in [9.17, 15) is 18.0 Å². The Morgan fingerprint density at radius 1 is 1.16 bits per heavy atom. The second kappa shape index (κ2) is 13.0. The van der Waals surface area contributed by atoms with E-state index in [-0.39, 0.29) is 6.61 Å². The van der Waals surface area contributed by atoms with Crippen LogP contribution in [0.5, 0.6) is 0 Å². The van der Waals surface area contributed by atoms with E-state index in [1.165, 1.54) is 24.3 Å². The molecular weight excluding hydrogens is 637 g/mol. The Hall–Kier alpha value is -2.63. The van der Waals surface area contributed by atoms with Crippen molar-refractivity contribution in [1.29, 1.82) is 0 Å². The van der Waals surface area contributed by atoms with Gasteiger partial charge in [-0.1, -0.05) is 36.2 Å². The molecule has 0 aliphatic carbocycles. The van der Waals surface area contributed by atoms with Crippen molar-refractivity contribution in [1.82, 2.24) is 14.5 Å². The van der Waals surface area contributed by atoms with Crippen LogP contribution in [0.2, 0.25) is 0 Å². The largest absolute Gasteiger partial charge is 0.465 e. The van der Waals surface area contributed by atoms with Gasteiger partial charge in [-0.15, -0.1) is 0 Å². The highest BCUT2D eigenvalue weighted by atomic mass is 79.9. The third-order valence-electron chi connectivity index (χ3n) is 8.89. The van der Waals surface area contributed by atoms with E-state index in [1.807, 2.05) is 39.1 Å². The number of alkyl halides is 3. The Bertz CT molecular complexity index is 1510. The van der Waals surface area contributed by atoms with Gasteiger partial charge in [-0.25, -0.2) is 0 Å². The standard InChI is InChI=1S/C33H42BrF3N4O3/c1-21(43-5)30-27(15-25(17-38-30)40-13-12-39-11-7-6-8-24(39)18-40)31-28(16-32(3,4)20-44-22(2)42)26-14-23(34)9-10-29(26)41(31)19-33(35,36)37/h9-10,14-15,17,21,24H,6-8,11-13,16,18-20H2,1-5H3/t21?,24-/m1/s1. The fourth-order valence-corrected chi connectivity index (χ4v) is 7.07. The lowest BCUT2D eigenvalue weighted by atomic mass is 9.84. The molecule has 4 heterocycles. The Kier molecular flexibility index (Phi) is 9.68. The Labute approximate surface area is 265 Å². The van der Waals surface area contributed by atoms with Crippen LogP contribution in [-0.2, 0) is 27.2 Å². The highest BCUT2D eigenvalue weighted by molar-refractivity contribution is 9.10. The van der Waals surface area contributed by atoms with Gasteiger partial charge < -0.3 is 18.9 Å². The highest BCUT2D eigenvalue weighted by Gasteiger charge is 2.35. The van der Waals surface area contributed by atoms with Crippen LogP contribution in [0.15, 0.2) is 34.9 Å². The summed E-state index contributed by atoms with van der Waals surface area (Å²) in [4.78, 5) is 21.4. The fourth-order valence-electron chi connectivity index (χ4n) is 6.71. The summed E-state index contributed by atoms with van der Waals surface area (Å²) in [6.45, 7) is 9.88. The van der Waals surface area contributed by atoms with Crippen molar-refractivity contribution in [2.75, 3.05) is 44.8 Å². The van der Waals surface area contributed by atoms with E-state index in [0.29, 0.717) is 40.3 Å². The van der Waals surface area contributed by atoms with Crippen molar-refractivity contribution in [2.24, 2.45) is 5.41 Å². The van der Waals surface area contributed by atoms with Gasteiger partial charge in [-0.05, 0) is 62.6 Å². The van der Waals surface area contributed by atoms with Crippen LogP contribution in [0.3, 0.4) is 0 Å². The number of methoxy groups -OCH3 is 1. The molecule has 0 radical (unpaired) electrons. The number of hydrogen-bond acceptors (Lipinski definition) is 6. The van der Waals surface area contributed by atoms with Gasteiger partial charge in [0.2, 0.25) is 0 Å². The van der Waals surface area contributed by atoms with Crippen LogP contribution in [0, 0.1) is 5.41 Å². The maximum Gasteiger partial charge on any atom is 0.406 e. The molecule has 2 aliphatic rings. The average Bonchev–Trinajstić information content (AvgIpc) is 3.24. The Morgan fingerprint density at radius 3 is 2.64 bits per heavy atom. The molecule has 1 unspecified atom stereocenters. The smallest absolute Gasteiger partial charge is 0.406 e. The number of piperidine rings is 1. The number of carbonyl (C=O) groups is 1. The van der Waals surface area contributed by atoms with Gasteiger partial charge in [0.05, 0.1) is 36.0 Å². The van der Waals surface area contributed by atoms with Gasteiger partial charge in [0.25, 0.3) is 0 Å². The first-order valence-corrected chi connectivity index (χ1v) is 16.1. The molecule has 2 saturated heterocycles. The van der Waals surface area contributed by atoms with Gasteiger partial charge in [0, 0.05) is 66.1 Å². The number of hydrogen-bond donors (Lipinski definition) is 0. The van der Waals surface area contributed by atoms with Gasteiger partial charge in [-0.3, -0.25) is 14.7 Å². The van der Waals surface area contributed by atoms with Crippen molar-refractivity contribution in [3.05, 3.63) is 46.2 Å². The maximum atomic E-state index is 14.3. The van der Waals surface area contributed by atoms with Crippen LogP contribution in [-0.4, -0.2) is 72.5 Å². The number of esters is 1. The molecule has 0 bridgehead atoms. The van der Waals surface area contributed by atoms with Crippen molar-refractivity contribution in [3.63, 3.8) is 0 Å². The number of anilines is 1. The second-order valence-corrected chi connectivity index (χ2v) is 13.9. The molecule has 2 atom stereocenters. The molecule has 2 aromatic heterocycles. The van der Waals surface area contributed by atoms with Crippen LogP contribution in [0.25, 0.3) is 22.2 Å². The van der Waals surface area contributed by atoms with Gasteiger partial charge in [-0.2, -0.15) is 13.2 Å². The minimum atomic E-state index is -4.46. The summed E-state index contributed by atoms with van der Waals surface area (Å²) in [7, 11) is 1.58. The van der Waals surface area contributed by atoms with Crippen LogP contribution >= 0.6 is 15.9 Å². The van der Waals surface area contributed by atoms with Crippen LogP contribution in [0.1, 0.15) is 64.3 Å². The highest BCUT2D eigenvalue weighted by Crippen LogP contribution is 2.43. The molecule has 7 nitrogen and oxygen atoms in total. The number of rotatable bonds is 9. The first-order valence-electron chi connectivity index (χ1n) is 15.3. The van der Waals surface area contributed by atoms with E-state index in [1.54, 1.807) is 19.2 Å². The summed E-state index contributed by atoms with van der Waals surface area (Å²) >= 11 is 3.54. The summed E-state index contributed by atoms with van der Waals surface area (Å²) in [5.41, 5.74) is 3.24. The number of carbonyl (C=O) groups excluding carboxylic acids is 1. The van der Waals surface area contributed by atoms with E-state index in [4.69, 9.17) is 14.5 Å². The number of piperazine rings is 1. The zero-order chi connectivity index (χ0) is 31.8. The minimum absolute atomic E-state index is 0.132. The van der Waals surface area contributed by atoms with Crippen molar-refractivity contribution >= 4 is 38.5 Å². The number of aromatic nitrogens is 2. The van der Waals surface area contributed by atoms with Gasteiger partial charge in [0.1, 0.15) is 6.54 Å². The predicted octanol–water partition coefficient (Wildman–Crippen LogP) is 7.54. The zero-order valence-corrected chi connectivity index (χ0v) is 27.7. The Balaban J connectivity index is 1.72. The van der Waals surface area contributed by atoms with Crippen LogP contribution in [0.4, 0.5) is 18.9 Å². The van der Waals surface area contributed by atoms with Crippen molar-refractivity contribution in [2.45, 2.75) is 78.2 Å². The van der Waals surface area contributed by atoms with Crippen molar-refractivity contribution < 1.29 is 27.4 Å². The molecule has 0 saturated carbocycles. The molecule has 0 amide bonds. The number of nitrogens with zero attached hydrogens (tertiary/aromatic N) is 4. The summed E-state index contributed by atoms with van der Waals surface area (Å²) in [5, 5.41) is 0.715. The molecule has 11 heteroatoms. The SMILES string of the molecule is COC(C)c1ncc(N2CCN3CCCC[C@@H]3C2)cc1-c1c(CC(C)(C)COC(C)=O)c2cc(Br)ccc2n1CC(F)(F)F. The summed E-state index contributed by atoms with van der Waals surface area (Å²) in [5.74, 6) is -0.397. The third kappa shape index (κ3) is 7.26. The molecule has 44 heavy (non-hydrogen) atoms. The van der Waals surface area contributed by atoms with Crippen molar-refractivity contribution in [3.8, 4) is 11.3 Å². The van der Waals surface area contributed by atoms with E-state index in [0.717, 1.165) is 48.3 Å². The zero-order valence-electron chi connectivity index (χ0n) is 26.1. The number of ether oxygens (including phenoxy) is 2. The topological polar surface area (TPSA) is 59.8 Å². The summed E-state index contributed by atoms with van der Waals surface area (Å²) in [6.07, 6.45) is 0.869. The lowest BCUT2D eigenvalue weighted by molar-refractivity contribution is -0.144. The quantitative estimate of drug-likeness (QED) is 0.218. The number of pyridine rings is 1. The molecule has 0 N–H and O–H groups in total. The second-order valence-electron chi connectivity index (χ2n) is 12.9. The van der Waals surface area contributed by atoms with E-state index >= 15 is 0 Å².